The Morgan fingerprint density at radius 1 is 0.818 bits per heavy atom. The van der Waals surface area contributed by atoms with Crippen LogP contribution in [-0.2, 0) is 0 Å². The molecule has 0 heterocycles. The molecule has 0 radical (unpaired) electrons. The molecule has 0 nitrogen and oxygen atoms in total. The van der Waals surface area contributed by atoms with E-state index in [1.807, 2.05) is 18.2 Å². The highest BCUT2D eigenvalue weighted by Crippen LogP contribution is 2.23. The first-order chi connectivity index (χ1) is 5.17. The van der Waals surface area contributed by atoms with E-state index in [4.69, 9.17) is 0 Å². The van der Waals surface area contributed by atoms with Gasteiger partial charge in [0.15, 0.2) is 0 Å². The van der Waals surface area contributed by atoms with Crippen molar-refractivity contribution in [2.24, 2.45) is 17.8 Å². The van der Waals surface area contributed by atoms with Crippen LogP contribution in [-0.4, -0.2) is 0 Å². The van der Waals surface area contributed by atoms with Crippen molar-refractivity contribution >= 4 is 0 Å². The summed E-state index contributed by atoms with van der Waals surface area (Å²) in [5.41, 5.74) is 0. The van der Waals surface area contributed by atoms with Gasteiger partial charge in [0.2, 0.25) is 0 Å². The molecule has 62 valence electrons. The van der Waals surface area contributed by atoms with Crippen molar-refractivity contribution in [1.29, 1.82) is 0 Å². The van der Waals surface area contributed by atoms with Crippen LogP contribution in [0.25, 0.3) is 0 Å². The fraction of sp³-hybridized carbons (Fsp3) is 0.455. The lowest BCUT2D eigenvalue weighted by Gasteiger charge is -2.21. The van der Waals surface area contributed by atoms with Gasteiger partial charge in [0, 0.05) is 0 Å². The summed E-state index contributed by atoms with van der Waals surface area (Å²) in [5.74, 6) is 1.45. The molecule has 0 spiro atoms. The summed E-state index contributed by atoms with van der Waals surface area (Å²) >= 11 is 0. The van der Waals surface area contributed by atoms with Crippen molar-refractivity contribution in [2.75, 3.05) is 0 Å². The molecular weight excluding hydrogens is 132 g/mol. The van der Waals surface area contributed by atoms with Crippen LogP contribution in [0.15, 0.2) is 38.0 Å². The Labute approximate surface area is 70.3 Å². The van der Waals surface area contributed by atoms with Crippen molar-refractivity contribution in [3.63, 3.8) is 0 Å². The van der Waals surface area contributed by atoms with Gasteiger partial charge in [-0.1, -0.05) is 32.1 Å². The van der Waals surface area contributed by atoms with Gasteiger partial charge < -0.3 is 0 Å². The van der Waals surface area contributed by atoms with Crippen LogP contribution < -0.4 is 0 Å². The summed E-state index contributed by atoms with van der Waals surface area (Å²) in [6.07, 6.45) is 5.91. The largest absolute Gasteiger partial charge is 0.103 e. The van der Waals surface area contributed by atoms with Gasteiger partial charge in [0.1, 0.15) is 0 Å². The van der Waals surface area contributed by atoms with E-state index in [9.17, 15) is 0 Å². The Hall–Kier alpha value is -0.780. The molecule has 0 saturated carbocycles. The van der Waals surface area contributed by atoms with Gasteiger partial charge in [-0.2, -0.15) is 0 Å². The van der Waals surface area contributed by atoms with Crippen LogP contribution in [0.2, 0.25) is 0 Å². The van der Waals surface area contributed by atoms with Crippen molar-refractivity contribution in [3.05, 3.63) is 38.0 Å². The maximum absolute atomic E-state index is 3.80. The first-order valence-electron chi connectivity index (χ1n) is 4.05. The zero-order chi connectivity index (χ0) is 8.85. The topological polar surface area (TPSA) is 0 Å². The molecule has 0 saturated heterocycles. The van der Waals surface area contributed by atoms with Gasteiger partial charge in [-0.25, -0.2) is 0 Å². The predicted octanol–water partition coefficient (Wildman–Crippen LogP) is 3.43. The van der Waals surface area contributed by atoms with Crippen molar-refractivity contribution in [2.45, 2.75) is 13.8 Å². The van der Waals surface area contributed by atoms with Gasteiger partial charge in [0.05, 0.1) is 0 Å². The lowest BCUT2D eigenvalue weighted by molar-refractivity contribution is 0.419. The molecular formula is C11H18. The Kier molecular flexibility index (Phi) is 4.60. The summed E-state index contributed by atoms with van der Waals surface area (Å²) in [7, 11) is 0. The SMILES string of the molecule is C=CC(C)C(C=C)C(C)C=C. The van der Waals surface area contributed by atoms with Gasteiger partial charge in [-0.3, -0.25) is 0 Å². The van der Waals surface area contributed by atoms with E-state index in [-0.39, 0.29) is 0 Å². The summed E-state index contributed by atoms with van der Waals surface area (Å²) in [4.78, 5) is 0. The van der Waals surface area contributed by atoms with E-state index >= 15 is 0 Å². The average Bonchev–Trinajstić information content (AvgIpc) is 2.05. The first kappa shape index (κ1) is 10.2. The zero-order valence-electron chi connectivity index (χ0n) is 7.59. The first-order valence-corrected chi connectivity index (χ1v) is 4.05. The third kappa shape index (κ3) is 2.75. The van der Waals surface area contributed by atoms with E-state index in [0.717, 1.165) is 0 Å². The molecule has 0 bridgehead atoms. The van der Waals surface area contributed by atoms with Crippen molar-refractivity contribution in [3.8, 4) is 0 Å². The van der Waals surface area contributed by atoms with Gasteiger partial charge in [0.25, 0.3) is 0 Å². The van der Waals surface area contributed by atoms with E-state index in [1.165, 1.54) is 0 Å². The fourth-order valence-electron chi connectivity index (χ4n) is 1.22. The quantitative estimate of drug-likeness (QED) is 0.527. The number of hydrogen-bond acceptors (Lipinski definition) is 0. The second-order valence-corrected chi connectivity index (χ2v) is 3.00. The maximum atomic E-state index is 3.80. The second kappa shape index (κ2) is 4.95. The zero-order valence-corrected chi connectivity index (χ0v) is 7.59. The highest BCUT2D eigenvalue weighted by atomic mass is 14.2. The van der Waals surface area contributed by atoms with Gasteiger partial charge >= 0.3 is 0 Å². The predicted molar refractivity (Wildman–Crippen MR) is 52.4 cm³/mol. The van der Waals surface area contributed by atoms with E-state index in [0.29, 0.717) is 17.8 Å². The lowest BCUT2D eigenvalue weighted by Crippen LogP contribution is -2.13. The number of allylic oxidation sites excluding steroid dienone is 3. The van der Waals surface area contributed by atoms with Crippen LogP contribution in [0.4, 0.5) is 0 Å². The molecule has 0 N–H and O–H groups in total. The molecule has 0 fully saturated rings. The third-order valence-corrected chi connectivity index (χ3v) is 2.23. The fourth-order valence-corrected chi connectivity index (χ4v) is 1.22. The minimum atomic E-state index is 0.477. The number of rotatable bonds is 5. The van der Waals surface area contributed by atoms with Gasteiger partial charge in [-0.05, 0) is 17.8 Å². The molecule has 0 aliphatic carbocycles. The highest BCUT2D eigenvalue weighted by molar-refractivity contribution is 4.97. The smallest absolute Gasteiger partial charge is 0.0116 e. The van der Waals surface area contributed by atoms with Crippen molar-refractivity contribution < 1.29 is 0 Å². The van der Waals surface area contributed by atoms with Crippen LogP contribution in [0, 0.1) is 17.8 Å². The monoisotopic (exact) mass is 150 g/mol. The minimum absolute atomic E-state index is 0.477. The van der Waals surface area contributed by atoms with Crippen molar-refractivity contribution in [1.82, 2.24) is 0 Å². The average molecular weight is 150 g/mol. The molecule has 0 aromatic heterocycles. The molecule has 0 amide bonds. The molecule has 0 heteroatoms. The van der Waals surface area contributed by atoms with E-state index < -0.39 is 0 Å². The maximum Gasteiger partial charge on any atom is -0.0116 e. The Morgan fingerprint density at radius 2 is 1.18 bits per heavy atom. The standard InChI is InChI=1S/C11H18/c1-6-9(4)11(8-3)10(5)7-2/h6-11H,1-3H2,4-5H3. The summed E-state index contributed by atoms with van der Waals surface area (Å²) < 4.78 is 0. The molecule has 2 unspecified atom stereocenters. The van der Waals surface area contributed by atoms with Crippen LogP contribution >= 0.6 is 0 Å². The highest BCUT2D eigenvalue weighted by Gasteiger charge is 2.15. The third-order valence-electron chi connectivity index (χ3n) is 2.23. The number of hydrogen-bond donors (Lipinski definition) is 0. The Bertz CT molecular complexity index is 130. The minimum Gasteiger partial charge on any atom is -0.103 e. The summed E-state index contributed by atoms with van der Waals surface area (Å²) in [6, 6.07) is 0. The van der Waals surface area contributed by atoms with Crippen LogP contribution in [0.1, 0.15) is 13.8 Å². The van der Waals surface area contributed by atoms with Crippen LogP contribution in [0.3, 0.4) is 0 Å². The molecule has 2 atom stereocenters. The molecule has 0 aromatic carbocycles. The Morgan fingerprint density at radius 3 is 1.36 bits per heavy atom. The summed E-state index contributed by atoms with van der Waals surface area (Å²) in [6.45, 7) is 15.6. The van der Waals surface area contributed by atoms with Crippen LogP contribution in [0.5, 0.6) is 0 Å². The summed E-state index contributed by atoms with van der Waals surface area (Å²) in [5, 5.41) is 0. The normalized spacial score (nSPS) is 18.0. The Balaban J connectivity index is 4.24. The molecule has 0 aliphatic heterocycles. The molecule has 0 aromatic rings. The molecule has 0 aliphatic rings. The molecule has 11 heavy (non-hydrogen) atoms. The van der Waals surface area contributed by atoms with Gasteiger partial charge in [-0.15, -0.1) is 19.7 Å². The van der Waals surface area contributed by atoms with E-state index in [1.54, 1.807) is 0 Å². The lowest BCUT2D eigenvalue weighted by atomic mass is 9.84. The molecule has 0 rings (SSSR count). The second-order valence-electron chi connectivity index (χ2n) is 3.00. The van der Waals surface area contributed by atoms with E-state index in [2.05, 4.69) is 33.6 Å².